The normalized spacial score (nSPS) is 12.5. The molecule has 0 heterocycles. The van der Waals surface area contributed by atoms with Crippen LogP contribution >= 0.6 is 8.60 Å². The number of hydrogen-bond acceptors (Lipinski definition) is 3. The van der Waals surface area contributed by atoms with Crippen molar-refractivity contribution in [3.05, 3.63) is 89.5 Å². The molecular weight excluding hydrogens is 502 g/mol. The van der Waals surface area contributed by atoms with Crippen LogP contribution in [0.4, 0.5) is 39.5 Å². The van der Waals surface area contributed by atoms with Crippen molar-refractivity contribution < 1.29 is 53.1 Å². The second-order valence-corrected chi connectivity index (χ2v) is 7.57. The summed E-state index contributed by atoms with van der Waals surface area (Å²) in [4.78, 5) is 0. The van der Waals surface area contributed by atoms with E-state index in [0.717, 1.165) is 54.6 Å². The van der Waals surface area contributed by atoms with E-state index >= 15 is 0 Å². The Morgan fingerprint density at radius 3 is 0.941 bits per heavy atom. The SMILES string of the molecule is FC(F)(F)c1cccc(OP(Oc2cccc(C(F)(F)F)c2)Oc2cccc(C(F)(F)F)c2)c1. The van der Waals surface area contributed by atoms with E-state index < -0.39 is 61.1 Å². The fourth-order valence-corrected chi connectivity index (χ4v) is 3.47. The van der Waals surface area contributed by atoms with Gasteiger partial charge in [0.2, 0.25) is 0 Å². The molecule has 0 amide bonds. The predicted molar refractivity (Wildman–Crippen MR) is 103 cm³/mol. The Kier molecular flexibility index (Phi) is 7.21. The van der Waals surface area contributed by atoms with E-state index in [1.54, 1.807) is 0 Å². The van der Waals surface area contributed by atoms with Gasteiger partial charge in [-0.25, -0.2) is 0 Å². The molecule has 0 unspecified atom stereocenters. The van der Waals surface area contributed by atoms with Gasteiger partial charge in [-0.1, -0.05) is 18.2 Å². The molecule has 13 heteroatoms. The molecule has 0 spiro atoms. The summed E-state index contributed by atoms with van der Waals surface area (Å²) >= 11 is 0. The minimum atomic E-state index is -4.73. The smallest absolute Gasteiger partial charge is 0.408 e. The summed E-state index contributed by atoms with van der Waals surface area (Å²) in [6, 6.07) is 10.3. The maximum atomic E-state index is 13.0. The Balaban J connectivity index is 1.92. The van der Waals surface area contributed by atoms with Gasteiger partial charge in [0.05, 0.1) is 16.7 Å². The van der Waals surface area contributed by atoms with Crippen LogP contribution in [-0.2, 0) is 18.5 Å². The molecule has 0 aliphatic carbocycles. The molecule has 0 bridgehead atoms. The summed E-state index contributed by atoms with van der Waals surface area (Å²) in [5.41, 5.74) is -3.30. The third kappa shape index (κ3) is 6.93. The van der Waals surface area contributed by atoms with Crippen molar-refractivity contribution in [1.29, 1.82) is 0 Å². The van der Waals surface area contributed by atoms with Crippen molar-refractivity contribution in [3.63, 3.8) is 0 Å². The summed E-state index contributed by atoms with van der Waals surface area (Å²) in [6.45, 7) is 0. The topological polar surface area (TPSA) is 27.7 Å². The van der Waals surface area contributed by atoms with Crippen molar-refractivity contribution in [2.24, 2.45) is 0 Å². The standard InChI is InChI=1S/C21H12F9O3P/c22-19(23,24)13-4-1-7-16(10-13)31-34(32-17-8-2-5-14(11-17)20(25,26)27)33-18-9-3-6-15(12-18)21(28,29)30/h1-12H. The molecule has 0 aliphatic rings. The van der Waals surface area contributed by atoms with E-state index in [1.165, 1.54) is 0 Å². The maximum absolute atomic E-state index is 13.0. The molecule has 182 valence electrons. The molecule has 0 saturated heterocycles. The molecule has 34 heavy (non-hydrogen) atoms. The van der Waals surface area contributed by atoms with Gasteiger partial charge in [-0.3, -0.25) is 0 Å². The first-order chi connectivity index (χ1) is 15.7. The van der Waals surface area contributed by atoms with E-state index in [2.05, 4.69) is 0 Å². The van der Waals surface area contributed by atoms with E-state index in [4.69, 9.17) is 13.6 Å². The largest absolute Gasteiger partial charge is 0.530 e. The monoisotopic (exact) mass is 514 g/mol. The molecular formula is C21H12F9O3P. The second-order valence-electron chi connectivity index (χ2n) is 6.57. The van der Waals surface area contributed by atoms with E-state index in [1.807, 2.05) is 0 Å². The van der Waals surface area contributed by atoms with Gasteiger partial charge in [0, 0.05) is 0 Å². The van der Waals surface area contributed by atoms with Crippen molar-refractivity contribution in [3.8, 4) is 17.2 Å². The lowest BCUT2D eigenvalue weighted by atomic mass is 10.2. The van der Waals surface area contributed by atoms with Crippen LogP contribution in [0.15, 0.2) is 72.8 Å². The van der Waals surface area contributed by atoms with Crippen LogP contribution in [0.3, 0.4) is 0 Å². The molecule has 0 N–H and O–H groups in total. The minimum Gasteiger partial charge on any atom is -0.408 e. The Morgan fingerprint density at radius 2 is 0.706 bits per heavy atom. The Bertz CT molecular complexity index is 986. The van der Waals surface area contributed by atoms with Crippen LogP contribution in [0.2, 0.25) is 0 Å². The van der Waals surface area contributed by atoms with Gasteiger partial charge in [-0.2, -0.15) is 39.5 Å². The molecule has 3 aromatic carbocycles. The van der Waals surface area contributed by atoms with Gasteiger partial charge < -0.3 is 13.6 Å². The quantitative estimate of drug-likeness (QED) is 0.244. The fraction of sp³-hybridized carbons (Fsp3) is 0.143. The van der Waals surface area contributed by atoms with Crippen molar-refractivity contribution in [1.82, 2.24) is 0 Å². The number of hydrogen-bond donors (Lipinski definition) is 0. The van der Waals surface area contributed by atoms with Gasteiger partial charge in [-0.15, -0.1) is 0 Å². The number of alkyl halides is 9. The average Bonchev–Trinajstić information content (AvgIpc) is 2.72. The zero-order valence-corrected chi connectivity index (χ0v) is 17.4. The number of rotatable bonds is 6. The molecule has 0 saturated carbocycles. The summed E-state index contributed by atoms with van der Waals surface area (Å²) in [5.74, 6) is -1.29. The summed E-state index contributed by atoms with van der Waals surface area (Å²) in [5, 5.41) is 0. The zero-order valence-electron chi connectivity index (χ0n) is 16.5. The first-order valence-electron chi connectivity index (χ1n) is 9.08. The molecule has 0 aliphatic heterocycles. The maximum Gasteiger partial charge on any atom is 0.530 e. The lowest BCUT2D eigenvalue weighted by molar-refractivity contribution is -0.138. The second kappa shape index (κ2) is 9.61. The predicted octanol–water partition coefficient (Wildman–Crippen LogP) is 8.51. The van der Waals surface area contributed by atoms with Crippen LogP contribution in [0.25, 0.3) is 0 Å². The van der Waals surface area contributed by atoms with Crippen LogP contribution < -0.4 is 13.6 Å². The van der Waals surface area contributed by atoms with Crippen LogP contribution in [0.1, 0.15) is 16.7 Å². The van der Waals surface area contributed by atoms with Crippen LogP contribution in [0, 0.1) is 0 Å². The molecule has 0 aromatic heterocycles. The molecule has 3 rings (SSSR count). The lowest BCUT2D eigenvalue weighted by Crippen LogP contribution is -2.08. The zero-order chi connectivity index (χ0) is 25.1. The van der Waals surface area contributed by atoms with Gasteiger partial charge in [-0.05, 0) is 54.6 Å². The Hall–Kier alpha value is -3.14. The van der Waals surface area contributed by atoms with Crippen LogP contribution in [-0.4, -0.2) is 0 Å². The van der Waals surface area contributed by atoms with Gasteiger partial charge in [0.1, 0.15) is 17.2 Å². The molecule has 0 atom stereocenters. The van der Waals surface area contributed by atoms with Gasteiger partial charge >= 0.3 is 27.1 Å². The van der Waals surface area contributed by atoms with E-state index in [-0.39, 0.29) is 0 Å². The van der Waals surface area contributed by atoms with Crippen molar-refractivity contribution >= 4 is 8.60 Å². The van der Waals surface area contributed by atoms with Gasteiger partial charge in [0.15, 0.2) is 0 Å². The summed E-state index contributed by atoms with van der Waals surface area (Å²) in [6.07, 6.45) is -14.2. The van der Waals surface area contributed by atoms with Crippen molar-refractivity contribution in [2.45, 2.75) is 18.5 Å². The van der Waals surface area contributed by atoms with E-state index in [9.17, 15) is 39.5 Å². The van der Waals surface area contributed by atoms with Crippen LogP contribution in [0.5, 0.6) is 17.2 Å². The third-order valence-electron chi connectivity index (χ3n) is 4.02. The highest BCUT2D eigenvalue weighted by molar-refractivity contribution is 7.43. The fourth-order valence-electron chi connectivity index (χ4n) is 2.50. The summed E-state index contributed by atoms with van der Waals surface area (Å²) < 4.78 is 133. The summed E-state index contributed by atoms with van der Waals surface area (Å²) in [7, 11) is -2.84. The molecule has 0 radical (unpaired) electrons. The first-order valence-corrected chi connectivity index (χ1v) is 10.2. The van der Waals surface area contributed by atoms with E-state index in [0.29, 0.717) is 18.2 Å². The van der Waals surface area contributed by atoms with Crippen molar-refractivity contribution in [2.75, 3.05) is 0 Å². The third-order valence-corrected chi connectivity index (χ3v) is 5.10. The Labute approximate surface area is 187 Å². The highest BCUT2D eigenvalue weighted by Crippen LogP contribution is 2.45. The highest BCUT2D eigenvalue weighted by Gasteiger charge is 2.34. The minimum absolute atomic E-state index is 0.431. The Morgan fingerprint density at radius 1 is 0.441 bits per heavy atom. The van der Waals surface area contributed by atoms with Gasteiger partial charge in [0.25, 0.3) is 0 Å². The lowest BCUT2D eigenvalue weighted by Gasteiger charge is -2.19. The number of halogens is 9. The average molecular weight is 514 g/mol. The number of benzene rings is 3. The molecule has 3 nitrogen and oxygen atoms in total. The first kappa shape index (κ1) is 25.5. The molecule has 3 aromatic rings. The highest BCUT2D eigenvalue weighted by atomic mass is 31.2. The molecule has 0 fully saturated rings.